The van der Waals surface area contributed by atoms with Gasteiger partial charge in [-0.15, -0.1) is 12.3 Å². The molecule has 2 aliphatic rings. The molecule has 0 radical (unpaired) electrons. The van der Waals surface area contributed by atoms with E-state index in [9.17, 15) is 9.59 Å². The smallest absolute Gasteiger partial charge is 0.273 e. The highest BCUT2D eigenvalue weighted by Crippen LogP contribution is 2.37. The van der Waals surface area contributed by atoms with E-state index in [1.807, 2.05) is 35.2 Å². The molecule has 34 heavy (non-hydrogen) atoms. The second-order valence-electron chi connectivity index (χ2n) is 8.66. The molecule has 1 N–H and O–H groups in total. The highest BCUT2D eigenvalue weighted by molar-refractivity contribution is 5.93. The zero-order valence-corrected chi connectivity index (χ0v) is 19.3. The molecule has 4 rings (SSSR count). The molecule has 0 atom stereocenters. The Morgan fingerprint density at radius 2 is 1.88 bits per heavy atom. The van der Waals surface area contributed by atoms with Crippen LogP contribution in [0.4, 0.5) is 0 Å². The van der Waals surface area contributed by atoms with Gasteiger partial charge in [0, 0.05) is 70.0 Å². The van der Waals surface area contributed by atoms with E-state index >= 15 is 0 Å². The van der Waals surface area contributed by atoms with Crippen LogP contribution in [0.1, 0.15) is 42.6 Å². The molecular weight excluding hydrogens is 432 g/mol. The lowest BCUT2D eigenvalue weighted by Gasteiger charge is -2.35. The zero-order chi connectivity index (χ0) is 23.8. The lowest BCUT2D eigenvalue weighted by Crippen LogP contribution is -2.49. The standard InChI is InChI=1S/C25H30N6O3/c1-2-3-11-25(28-29-25)12-10-23(32)31-17-15-30(16-18-31)14-7-13-26-24(33)21-19-22(34-27-21)20-8-5-4-6-9-20/h1,4-6,8-9,19H,3,7,10-18H2,(H,26,33). The molecule has 2 aliphatic heterocycles. The van der Waals surface area contributed by atoms with Gasteiger partial charge in [0.2, 0.25) is 5.91 Å². The molecule has 1 aromatic carbocycles. The van der Waals surface area contributed by atoms with Gasteiger partial charge in [-0.25, -0.2) is 0 Å². The van der Waals surface area contributed by atoms with Gasteiger partial charge in [0.1, 0.15) is 0 Å². The highest BCUT2D eigenvalue weighted by atomic mass is 16.5. The van der Waals surface area contributed by atoms with Crippen LogP contribution in [-0.4, -0.2) is 71.7 Å². The van der Waals surface area contributed by atoms with Crippen molar-refractivity contribution in [3.63, 3.8) is 0 Å². The van der Waals surface area contributed by atoms with Crippen molar-refractivity contribution in [3.05, 3.63) is 42.1 Å². The molecule has 9 nitrogen and oxygen atoms in total. The van der Waals surface area contributed by atoms with Crippen molar-refractivity contribution >= 4 is 11.8 Å². The number of amides is 2. The molecule has 178 valence electrons. The average molecular weight is 463 g/mol. The van der Waals surface area contributed by atoms with Gasteiger partial charge in [-0.1, -0.05) is 35.5 Å². The maximum Gasteiger partial charge on any atom is 0.273 e. The number of terminal acetylenes is 1. The third-order valence-electron chi connectivity index (χ3n) is 6.25. The van der Waals surface area contributed by atoms with Gasteiger partial charge in [0.25, 0.3) is 5.91 Å². The molecule has 0 unspecified atom stereocenters. The van der Waals surface area contributed by atoms with E-state index in [1.54, 1.807) is 6.07 Å². The SMILES string of the molecule is C#CCCC1(CCC(=O)N2CCN(CCCNC(=O)c3cc(-c4ccccc4)on3)CC2)N=N1. The number of rotatable bonds is 11. The van der Waals surface area contributed by atoms with Crippen molar-refractivity contribution in [3.8, 4) is 23.7 Å². The van der Waals surface area contributed by atoms with Crippen molar-refractivity contribution in [2.45, 2.75) is 37.8 Å². The number of nitrogens with one attached hydrogen (secondary N) is 1. The summed E-state index contributed by atoms with van der Waals surface area (Å²) < 4.78 is 5.29. The maximum atomic E-state index is 12.5. The zero-order valence-electron chi connectivity index (χ0n) is 19.3. The van der Waals surface area contributed by atoms with Crippen molar-refractivity contribution in [1.29, 1.82) is 0 Å². The maximum absolute atomic E-state index is 12.5. The Balaban J connectivity index is 1.10. The van der Waals surface area contributed by atoms with Crippen molar-refractivity contribution in [2.24, 2.45) is 10.2 Å². The van der Waals surface area contributed by atoms with Crippen molar-refractivity contribution < 1.29 is 14.1 Å². The molecule has 1 fully saturated rings. The Morgan fingerprint density at radius 1 is 1.12 bits per heavy atom. The molecule has 1 aromatic heterocycles. The fourth-order valence-electron chi connectivity index (χ4n) is 4.07. The summed E-state index contributed by atoms with van der Waals surface area (Å²) in [5.74, 6) is 3.10. The van der Waals surface area contributed by atoms with Gasteiger partial charge in [-0.3, -0.25) is 14.5 Å². The second kappa shape index (κ2) is 11.1. The topological polar surface area (TPSA) is 103 Å². The minimum Gasteiger partial charge on any atom is -0.355 e. The summed E-state index contributed by atoms with van der Waals surface area (Å²) in [4.78, 5) is 29.1. The predicted octanol–water partition coefficient (Wildman–Crippen LogP) is 2.96. The molecule has 0 spiro atoms. The van der Waals surface area contributed by atoms with Crippen molar-refractivity contribution in [1.82, 2.24) is 20.3 Å². The van der Waals surface area contributed by atoms with Crippen LogP contribution in [0.15, 0.2) is 51.1 Å². The second-order valence-corrected chi connectivity index (χ2v) is 8.66. The summed E-state index contributed by atoms with van der Waals surface area (Å²) >= 11 is 0. The Labute approximate surface area is 199 Å². The molecule has 0 bridgehead atoms. The van der Waals surface area contributed by atoms with Gasteiger partial charge < -0.3 is 14.7 Å². The fraction of sp³-hybridized carbons (Fsp3) is 0.480. The van der Waals surface area contributed by atoms with Crippen LogP contribution in [0.25, 0.3) is 11.3 Å². The third kappa shape index (κ3) is 6.29. The van der Waals surface area contributed by atoms with E-state index in [4.69, 9.17) is 10.9 Å². The fourth-order valence-corrected chi connectivity index (χ4v) is 4.07. The normalized spacial score (nSPS) is 16.7. The van der Waals surface area contributed by atoms with Crippen LogP contribution in [0.2, 0.25) is 0 Å². The Morgan fingerprint density at radius 3 is 2.59 bits per heavy atom. The van der Waals surface area contributed by atoms with Crippen LogP contribution in [0, 0.1) is 12.3 Å². The summed E-state index contributed by atoms with van der Waals surface area (Å²) in [6.07, 6.45) is 8.60. The van der Waals surface area contributed by atoms with Crippen LogP contribution in [0.5, 0.6) is 0 Å². The minimum absolute atomic E-state index is 0.159. The van der Waals surface area contributed by atoms with Crippen LogP contribution in [0.3, 0.4) is 0 Å². The number of aromatic nitrogens is 1. The summed E-state index contributed by atoms with van der Waals surface area (Å²) in [6, 6.07) is 11.2. The molecular formula is C25H30N6O3. The number of hydrogen-bond acceptors (Lipinski definition) is 7. The van der Waals surface area contributed by atoms with Crippen LogP contribution < -0.4 is 5.32 Å². The third-order valence-corrected chi connectivity index (χ3v) is 6.25. The predicted molar refractivity (Wildman–Crippen MR) is 127 cm³/mol. The summed E-state index contributed by atoms with van der Waals surface area (Å²) in [5.41, 5.74) is 0.759. The number of carbonyl (C=O) groups excluding carboxylic acids is 2. The van der Waals surface area contributed by atoms with Crippen LogP contribution in [-0.2, 0) is 4.79 Å². The molecule has 0 aliphatic carbocycles. The van der Waals surface area contributed by atoms with Crippen molar-refractivity contribution in [2.75, 3.05) is 39.3 Å². The number of piperazine rings is 1. The van der Waals surface area contributed by atoms with E-state index in [1.165, 1.54) is 0 Å². The Hall–Kier alpha value is -3.51. The highest BCUT2D eigenvalue weighted by Gasteiger charge is 2.39. The molecule has 2 amide bonds. The molecule has 2 aromatic rings. The summed E-state index contributed by atoms with van der Waals surface area (Å²) in [6.45, 7) is 4.53. The quantitative estimate of drug-likeness (QED) is 0.408. The summed E-state index contributed by atoms with van der Waals surface area (Å²) in [5, 5.41) is 15.0. The van der Waals surface area contributed by atoms with E-state index in [0.717, 1.165) is 51.1 Å². The number of hydrogen-bond donors (Lipinski definition) is 1. The first-order valence-corrected chi connectivity index (χ1v) is 11.8. The first kappa shape index (κ1) is 23.6. The Kier molecular flexibility index (Phi) is 7.70. The van der Waals surface area contributed by atoms with E-state index < -0.39 is 5.66 Å². The first-order valence-electron chi connectivity index (χ1n) is 11.8. The number of carbonyl (C=O) groups is 2. The van der Waals surface area contributed by atoms with Crippen LogP contribution >= 0.6 is 0 Å². The lowest BCUT2D eigenvalue weighted by atomic mass is 10.0. The first-order chi connectivity index (χ1) is 16.6. The largest absolute Gasteiger partial charge is 0.355 e. The minimum atomic E-state index is -0.399. The lowest BCUT2D eigenvalue weighted by molar-refractivity contribution is -0.133. The van der Waals surface area contributed by atoms with Gasteiger partial charge in [0.15, 0.2) is 17.1 Å². The summed E-state index contributed by atoms with van der Waals surface area (Å²) in [7, 11) is 0. The van der Waals surface area contributed by atoms with E-state index in [2.05, 4.69) is 31.5 Å². The Bertz CT molecular complexity index is 1040. The van der Waals surface area contributed by atoms with Gasteiger partial charge in [0.05, 0.1) is 0 Å². The molecule has 0 saturated carbocycles. The molecule has 3 heterocycles. The van der Waals surface area contributed by atoms with E-state index in [-0.39, 0.29) is 17.5 Å². The van der Waals surface area contributed by atoms with Gasteiger partial charge in [-0.2, -0.15) is 10.2 Å². The monoisotopic (exact) mass is 462 g/mol. The molecule has 1 saturated heterocycles. The van der Waals surface area contributed by atoms with Gasteiger partial charge in [-0.05, 0) is 13.0 Å². The van der Waals surface area contributed by atoms with E-state index in [0.29, 0.717) is 31.6 Å². The number of benzene rings is 1. The van der Waals surface area contributed by atoms with Gasteiger partial charge >= 0.3 is 0 Å². The molecule has 9 heteroatoms. The number of nitrogens with zero attached hydrogens (tertiary/aromatic N) is 5. The average Bonchev–Trinajstić information content (AvgIpc) is 3.47.